The van der Waals surface area contributed by atoms with Crippen molar-refractivity contribution in [3.63, 3.8) is 0 Å². The standard InChI is InChI=1S/C20H17BrFNO/c1-13(24)12-17(16-4-2-3-5-18(16)21)20-11-10-19(23-20)14-6-8-15(22)9-7-14/h2-11,17,23H,12H2,1H3. The van der Waals surface area contributed by atoms with Gasteiger partial charge < -0.3 is 4.98 Å². The van der Waals surface area contributed by atoms with Crippen molar-refractivity contribution in [3.8, 4) is 11.3 Å². The first-order valence-electron chi connectivity index (χ1n) is 7.73. The minimum Gasteiger partial charge on any atom is -0.358 e. The minimum absolute atomic E-state index is 0.0488. The Kier molecular flexibility index (Phi) is 4.95. The third-order valence-electron chi connectivity index (χ3n) is 4.01. The van der Waals surface area contributed by atoms with Crippen molar-refractivity contribution < 1.29 is 9.18 Å². The molecule has 0 spiro atoms. The number of H-pyrrole nitrogens is 1. The summed E-state index contributed by atoms with van der Waals surface area (Å²) in [5.74, 6) is -0.172. The smallest absolute Gasteiger partial charge is 0.130 e. The molecule has 1 unspecified atom stereocenters. The molecular formula is C20H17BrFNO. The molecule has 1 heterocycles. The lowest BCUT2D eigenvalue weighted by Gasteiger charge is -2.16. The van der Waals surface area contributed by atoms with Gasteiger partial charge in [-0.05, 0) is 60.5 Å². The van der Waals surface area contributed by atoms with Crippen LogP contribution in [0, 0.1) is 5.82 Å². The Labute approximate surface area is 148 Å². The van der Waals surface area contributed by atoms with Crippen LogP contribution in [0.4, 0.5) is 4.39 Å². The molecule has 0 aliphatic rings. The number of ketones is 1. The molecule has 2 aromatic carbocycles. The molecule has 0 saturated heterocycles. The van der Waals surface area contributed by atoms with Crippen molar-refractivity contribution in [1.29, 1.82) is 0 Å². The summed E-state index contributed by atoms with van der Waals surface area (Å²) in [5.41, 5.74) is 3.86. The van der Waals surface area contributed by atoms with Crippen molar-refractivity contribution in [2.24, 2.45) is 0 Å². The third kappa shape index (κ3) is 3.65. The Morgan fingerprint density at radius 1 is 1.08 bits per heavy atom. The summed E-state index contributed by atoms with van der Waals surface area (Å²) in [5, 5.41) is 0. The van der Waals surface area contributed by atoms with E-state index in [2.05, 4.69) is 20.9 Å². The Bertz CT molecular complexity index is 854. The number of halogens is 2. The number of carbonyl (C=O) groups is 1. The first-order valence-corrected chi connectivity index (χ1v) is 8.52. The zero-order chi connectivity index (χ0) is 17.1. The summed E-state index contributed by atoms with van der Waals surface area (Å²) in [7, 11) is 0. The highest BCUT2D eigenvalue weighted by atomic mass is 79.9. The molecule has 2 nitrogen and oxygen atoms in total. The molecule has 24 heavy (non-hydrogen) atoms. The molecule has 122 valence electrons. The van der Waals surface area contributed by atoms with Crippen LogP contribution in [-0.4, -0.2) is 10.8 Å². The maximum atomic E-state index is 13.1. The Morgan fingerprint density at radius 3 is 2.46 bits per heavy atom. The van der Waals surface area contributed by atoms with Crippen LogP contribution in [0.5, 0.6) is 0 Å². The van der Waals surface area contributed by atoms with Crippen molar-refractivity contribution in [1.82, 2.24) is 4.98 Å². The molecule has 0 bridgehead atoms. The van der Waals surface area contributed by atoms with Gasteiger partial charge in [-0.1, -0.05) is 34.1 Å². The fraction of sp³-hybridized carbons (Fsp3) is 0.150. The van der Waals surface area contributed by atoms with Crippen LogP contribution < -0.4 is 0 Å². The van der Waals surface area contributed by atoms with Crippen molar-refractivity contribution in [3.05, 3.63) is 82.2 Å². The van der Waals surface area contributed by atoms with E-state index >= 15 is 0 Å². The summed E-state index contributed by atoms with van der Waals surface area (Å²) >= 11 is 3.58. The number of aromatic nitrogens is 1. The van der Waals surface area contributed by atoms with Crippen molar-refractivity contribution in [2.45, 2.75) is 19.3 Å². The molecule has 0 fully saturated rings. The fourth-order valence-electron chi connectivity index (χ4n) is 2.85. The van der Waals surface area contributed by atoms with Crippen LogP contribution >= 0.6 is 15.9 Å². The normalized spacial score (nSPS) is 12.1. The lowest BCUT2D eigenvalue weighted by atomic mass is 9.91. The van der Waals surface area contributed by atoms with E-state index in [1.165, 1.54) is 12.1 Å². The van der Waals surface area contributed by atoms with E-state index in [-0.39, 0.29) is 17.5 Å². The molecular weight excluding hydrogens is 369 g/mol. The van der Waals surface area contributed by atoms with Gasteiger partial charge in [-0.3, -0.25) is 4.79 Å². The number of rotatable bonds is 5. The zero-order valence-corrected chi connectivity index (χ0v) is 14.8. The quantitative estimate of drug-likeness (QED) is 0.600. The Balaban J connectivity index is 1.98. The topological polar surface area (TPSA) is 32.9 Å². The predicted molar refractivity (Wildman–Crippen MR) is 97.5 cm³/mol. The number of aromatic amines is 1. The molecule has 0 aliphatic heterocycles. The van der Waals surface area contributed by atoms with Crippen molar-refractivity contribution >= 4 is 21.7 Å². The number of nitrogens with one attached hydrogen (secondary N) is 1. The van der Waals surface area contributed by atoms with Gasteiger partial charge in [0.25, 0.3) is 0 Å². The molecule has 1 aromatic heterocycles. The molecule has 4 heteroatoms. The van der Waals surface area contributed by atoms with E-state index < -0.39 is 0 Å². The number of Topliss-reactive ketones (excluding diaryl/α,β-unsaturated/α-hetero) is 1. The molecule has 0 radical (unpaired) electrons. The van der Waals surface area contributed by atoms with Crippen LogP contribution in [0.15, 0.2) is 65.1 Å². The maximum absolute atomic E-state index is 13.1. The zero-order valence-electron chi connectivity index (χ0n) is 13.2. The van der Waals surface area contributed by atoms with Gasteiger partial charge in [0, 0.05) is 28.2 Å². The second kappa shape index (κ2) is 7.14. The van der Waals surface area contributed by atoms with Crippen molar-refractivity contribution in [2.75, 3.05) is 0 Å². The van der Waals surface area contributed by atoms with Gasteiger partial charge in [0.05, 0.1) is 0 Å². The summed E-state index contributed by atoms with van der Waals surface area (Å²) in [6, 6.07) is 18.2. The number of hydrogen-bond donors (Lipinski definition) is 1. The molecule has 0 amide bonds. The van der Waals surface area contributed by atoms with Crippen LogP contribution in [0.3, 0.4) is 0 Å². The highest BCUT2D eigenvalue weighted by Crippen LogP contribution is 2.34. The number of carbonyl (C=O) groups excluding carboxylic acids is 1. The van der Waals surface area contributed by atoms with E-state index in [1.54, 1.807) is 19.1 Å². The van der Waals surface area contributed by atoms with Crippen LogP contribution in [0.2, 0.25) is 0 Å². The maximum Gasteiger partial charge on any atom is 0.130 e. The summed E-state index contributed by atoms with van der Waals surface area (Å²) in [6.07, 6.45) is 0.423. The molecule has 3 rings (SSSR count). The Hall–Kier alpha value is -2.20. The highest BCUT2D eigenvalue weighted by molar-refractivity contribution is 9.10. The molecule has 1 atom stereocenters. The Morgan fingerprint density at radius 2 is 1.79 bits per heavy atom. The monoisotopic (exact) mass is 385 g/mol. The van der Waals surface area contributed by atoms with Gasteiger partial charge in [0.15, 0.2) is 0 Å². The fourth-order valence-corrected chi connectivity index (χ4v) is 3.41. The number of benzene rings is 2. The lowest BCUT2D eigenvalue weighted by Crippen LogP contribution is -2.07. The van der Waals surface area contributed by atoms with E-state index in [4.69, 9.17) is 0 Å². The summed E-state index contributed by atoms with van der Waals surface area (Å²) in [6.45, 7) is 1.60. The first kappa shape index (κ1) is 16.7. The average Bonchev–Trinajstić information content (AvgIpc) is 3.03. The minimum atomic E-state index is -0.256. The number of hydrogen-bond acceptors (Lipinski definition) is 1. The summed E-state index contributed by atoms with van der Waals surface area (Å²) in [4.78, 5) is 15.1. The van der Waals surface area contributed by atoms with Gasteiger partial charge in [-0.25, -0.2) is 4.39 Å². The van der Waals surface area contributed by atoms with Gasteiger partial charge in [0.2, 0.25) is 0 Å². The lowest BCUT2D eigenvalue weighted by molar-refractivity contribution is -0.117. The SMILES string of the molecule is CC(=O)CC(c1ccc(-c2ccc(F)cc2)[nH]1)c1ccccc1Br. The van der Waals surface area contributed by atoms with E-state index in [0.29, 0.717) is 6.42 Å². The van der Waals surface area contributed by atoms with Gasteiger partial charge >= 0.3 is 0 Å². The molecule has 0 saturated carbocycles. The summed E-state index contributed by atoms with van der Waals surface area (Å²) < 4.78 is 14.1. The van der Waals surface area contributed by atoms with Gasteiger partial charge in [-0.15, -0.1) is 0 Å². The largest absolute Gasteiger partial charge is 0.358 e. The third-order valence-corrected chi connectivity index (χ3v) is 4.73. The van der Waals surface area contributed by atoms with Gasteiger partial charge in [-0.2, -0.15) is 0 Å². The van der Waals surface area contributed by atoms with Gasteiger partial charge in [0.1, 0.15) is 11.6 Å². The van der Waals surface area contributed by atoms with E-state index in [1.807, 2.05) is 36.4 Å². The van der Waals surface area contributed by atoms with E-state index in [0.717, 1.165) is 27.0 Å². The highest BCUT2D eigenvalue weighted by Gasteiger charge is 2.20. The van der Waals surface area contributed by atoms with Crippen LogP contribution in [0.25, 0.3) is 11.3 Å². The van der Waals surface area contributed by atoms with E-state index in [9.17, 15) is 9.18 Å². The predicted octanol–water partition coefficient (Wildman–Crippen LogP) is 5.69. The molecule has 0 aliphatic carbocycles. The second-order valence-corrected chi connectivity index (χ2v) is 6.67. The van der Waals surface area contributed by atoms with Crippen LogP contribution in [0.1, 0.15) is 30.5 Å². The average molecular weight is 386 g/mol. The molecule has 3 aromatic rings. The second-order valence-electron chi connectivity index (χ2n) is 5.81. The first-order chi connectivity index (χ1) is 11.5. The van der Waals surface area contributed by atoms with Crippen LogP contribution in [-0.2, 0) is 4.79 Å². The molecule has 1 N–H and O–H groups in total.